The van der Waals surface area contributed by atoms with Crippen LogP contribution in [0.25, 0.3) is 0 Å². The number of nitrogens with one attached hydrogen (secondary N) is 1. The van der Waals surface area contributed by atoms with Crippen LogP contribution in [-0.4, -0.2) is 11.1 Å². The molecule has 0 bridgehead atoms. The minimum absolute atomic E-state index is 0.0130. The summed E-state index contributed by atoms with van der Waals surface area (Å²) in [5, 5.41) is 11.7. The zero-order valence-corrected chi connectivity index (χ0v) is 14.0. The molecule has 0 atom stereocenters. The third-order valence-electron chi connectivity index (χ3n) is 2.68. The van der Waals surface area contributed by atoms with Gasteiger partial charge in [-0.15, -0.1) is 0 Å². The molecule has 2 N–H and O–H groups in total. The van der Waals surface area contributed by atoms with E-state index in [-0.39, 0.29) is 21.4 Å². The predicted molar refractivity (Wildman–Crippen MR) is 86.8 cm³/mol. The Bertz CT molecular complexity index is 690. The SMILES string of the molecule is CC.Cc1ccc(Nc2cc(F)c(Br)cc2C(=O)O)c(F)c1. The molecule has 3 nitrogen and oxygen atoms in total. The van der Waals surface area contributed by atoms with Crippen molar-refractivity contribution < 1.29 is 18.7 Å². The lowest BCUT2D eigenvalue weighted by molar-refractivity contribution is 0.0698. The van der Waals surface area contributed by atoms with Crippen molar-refractivity contribution >= 4 is 33.3 Å². The highest BCUT2D eigenvalue weighted by atomic mass is 79.9. The van der Waals surface area contributed by atoms with E-state index in [1.807, 2.05) is 13.8 Å². The van der Waals surface area contributed by atoms with Crippen LogP contribution in [-0.2, 0) is 0 Å². The first-order valence-electron chi connectivity index (χ1n) is 6.64. The minimum atomic E-state index is -1.24. The van der Waals surface area contributed by atoms with E-state index in [2.05, 4.69) is 21.2 Å². The number of aromatic carboxylic acids is 1. The molecule has 6 heteroatoms. The van der Waals surface area contributed by atoms with E-state index < -0.39 is 17.6 Å². The van der Waals surface area contributed by atoms with Gasteiger partial charge in [-0.1, -0.05) is 19.9 Å². The quantitative estimate of drug-likeness (QED) is 0.748. The van der Waals surface area contributed by atoms with E-state index in [1.165, 1.54) is 12.1 Å². The Morgan fingerprint density at radius 1 is 1.09 bits per heavy atom. The van der Waals surface area contributed by atoms with Crippen LogP contribution in [0.2, 0.25) is 0 Å². The molecule has 0 saturated heterocycles. The van der Waals surface area contributed by atoms with Crippen molar-refractivity contribution in [2.75, 3.05) is 5.32 Å². The average molecular weight is 372 g/mol. The van der Waals surface area contributed by atoms with Gasteiger partial charge < -0.3 is 10.4 Å². The van der Waals surface area contributed by atoms with Gasteiger partial charge >= 0.3 is 5.97 Å². The normalized spacial score (nSPS) is 9.73. The maximum absolute atomic E-state index is 13.7. The Kier molecular flexibility index (Phi) is 6.49. The van der Waals surface area contributed by atoms with E-state index in [0.717, 1.165) is 17.7 Å². The summed E-state index contributed by atoms with van der Waals surface area (Å²) < 4.78 is 27.3. The topological polar surface area (TPSA) is 49.3 Å². The number of hydrogen-bond donors (Lipinski definition) is 2. The molecule has 118 valence electrons. The van der Waals surface area contributed by atoms with Crippen molar-refractivity contribution in [1.82, 2.24) is 0 Å². The summed E-state index contributed by atoms with van der Waals surface area (Å²) in [5.41, 5.74) is 0.646. The summed E-state index contributed by atoms with van der Waals surface area (Å²) in [7, 11) is 0. The number of carbonyl (C=O) groups is 1. The fraction of sp³-hybridized carbons (Fsp3) is 0.188. The van der Waals surface area contributed by atoms with Gasteiger partial charge in [0, 0.05) is 0 Å². The minimum Gasteiger partial charge on any atom is -0.478 e. The number of aryl methyl sites for hydroxylation is 1. The molecule has 2 rings (SSSR count). The van der Waals surface area contributed by atoms with Crippen molar-refractivity contribution in [2.45, 2.75) is 20.8 Å². The maximum atomic E-state index is 13.7. The predicted octanol–water partition coefficient (Wildman–Crippen LogP) is 5.50. The molecule has 0 saturated carbocycles. The first-order valence-corrected chi connectivity index (χ1v) is 7.43. The summed E-state index contributed by atoms with van der Waals surface area (Å²) in [6.07, 6.45) is 0. The molecule has 0 aliphatic heterocycles. The van der Waals surface area contributed by atoms with Gasteiger partial charge in [0.2, 0.25) is 0 Å². The molecule has 0 heterocycles. The summed E-state index contributed by atoms with van der Waals surface area (Å²) in [6.45, 7) is 5.73. The second kappa shape index (κ2) is 7.89. The number of carboxylic acid groups (broad SMARTS) is 1. The molecule has 0 spiro atoms. The van der Waals surface area contributed by atoms with Crippen LogP contribution in [0.1, 0.15) is 29.8 Å². The van der Waals surface area contributed by atoms with Crippen LogP contribution in [0.15, 0.2) is 34.8 Å². The zero-order valence-electron chi connectivity index (χ0n) is 12.4. The first kappa shape index (κ1) is 18.1. The van der Waals surface area contributed by atoms with E-state index in [1.54, 1.807) is 13.0 Å². The van der Waals surface area contributed by atoms with Gasteiger partial charge in [-0.2, -0.15) is 0 Å². The van der Waals surface area contributed by atoms with Crippen LogP contribution < -0.4 is 5.32 Å². The molecule has 0 aromatic heterocycles. The zero-order chi connectivity index (χ0) is 16.9. The largest absolute Gasteiger partial charge is 0.478 e. The molecule has 2 aromatic rings. The summed E-state index contributed by atoms with van der Waals surface area (Å²) in [4.78, 5) is 11.1. The van der Waals surface area contributed by atoms with E-state index >= 15 is 0 Å². The molecular formula is C16H16BrF2NO2. The van der Waals surface area contributed by atoms with Gasteiger partial charge in [-0.05, 0) is 52.7 Å². The van der Waals surface area contributed by atoms with Gasteiger partial charge in [-0.3, -0.25) is 0 Å². The smallest absolute Gasteiger partial charge is 0.337 e. The Morgan fingerprint density at radius 2 is 1.73 bits per heavy atom. The van der Waals surface area contributed by atoms with Crippen molar-refractivity contribution in [3.05, 3.63) is 57.6 Å². The average Bonchev–Trinajstić information content (AvgIpc) is 2.47. The summed E-state index contributed by atoms with van der Waals surface area (Å²) in [5.74, 6) is -2.41. The van der Waals surface area contributed by atoms with Crippen LogP contribution in [0.5, 0.6) is 0 Å². The van der Waals surface area contributed by atoms with E-state index in [0.29, 0.717) is 0 Å². The van der Waals surface area contributed by atoms with Gasteiger partial charge in [0.25, 0.3) is 0 Å². The Balaban J connectivity index is 0.00000116. The van der Waals surface area contributed by atoms with Gasteiger partial charge in [0.05, 0.1) is 21.4 Å². The van der Waals surface area contributed by atoms with Crippen molar-refractivity contribution in [1.29, 1.82) is 0 Å². The lowest BCUT2D eigenvalue weighted by Crippen LogP contribution is -2.05. The maximum Gasteiger partial charge on any atom is 0.337 e. The Morgan fingerprint density at radius 3 is 2.27 bits per heavy atom. The number of benzene rings is 2. The fourth-order valence-electron chi connectivity index (χ4n) is 1.69. The molecule has 0 amide bonds. The second-order valence-electron chi connectivity index (χ2n) is 4.23. The fourth-order valence-corrected chi connectivity index (χ4v) is 2.04. The molecule has 0 aliphatic carbocycles. The monoisotopic (exact) mass is 371 g/mol. The van der Waals surface area contributed by atoms with E-state index in [9.17, 15) is 13.6 Å². The van der Waals surface area contributed by atoms with E-state index in [4.69, 9.17) is 5.11 Å². The summed E-state index contributed by atoms with van der Waals surface area (Å²) in [6, 6.07) is 6.58. The van der Waals surface area contributed by atoms with Crippen LogP contribution in [0, 0.1) is 18.6 Å². The second-order valence-corrected chi connectivity index (χ2v) is 5.08. The molecule has 22 heavy (non-hydrogen) atoms. The summed E-state index contributed by atoms with van der Waals surface area (Å²) >= 11 is 2.92. The number of carboxylic acids is 1. The lowest BCUT2D eigenvalue weighted by atomic mass is 10.1. The Labute approximate surface area is 136 Å². The van der Waals surface area contributed by atoms with Crippen molar-refractivity contribution in [2.24, 2.45) is 0 Å². The number of rotatable bonds is 3. The molecule has 0 aliphatic rings. The highest BCUT2D eigenvalue weighted by Crippen LogP contribution is 2.28. The molecule has 0 fully saturated rings. The molecule has 0 unspecified atom stereocenters. The lowest BCUT2D eigenvalue weighted by Gasteiger charge is -2.12. The third-order valence-corrected chi connectivity index (χ3v) is 3.29. The number of anilines is 2. The van der Waals surface area contributed by atoms with Gasteiger partial charge in [0.15, 0.2) is 0 Å². The molecule has 2 aromatic carbocycles. The van der Waals surface area contributed by atoms with Crippen molar-refractivity contribution in [3.8, 4) is 0 Å². The van der Waals surface area contributed by atoms with Gasteiger partial charge in [0.1, 0.15) is 11.6 Å². The molecule has 0 radical (unpaired) electrons. The van der Waals surface area contributed by atoms with Gasteiger partial charge in [-0.25, -0.2) is 13.6 Å². The van der Waals surface area contributed by atoms with Crippen LogP contribution >= 0.6 is 15.9 Å². The number of halogens is 3. The van der Waals surface area contributed by atoms with Crippen LogP contribution in [0.3, 0.4) is 0 Å². The van der Waals surface area contributed by atoms with Crippen molar-refractivity contribution in [3.63, 3.8) is 0 Å². The highest BCUT2D eigenvalue weighted by molar-refractivity contribution is 9.10. The van der Waals surface area contributed by atoms with Crippen LogP contribution in [0.4, 0.5) is 20.2 Å². The third kappa shape index (κ3) is 4.27. The highest BCUT2D eigenvalue weighted by Gasteiger charge is 2.15. The Hall–Kier alpha value is -1.95. The standard InChI is InChI=1S/C14H10BrF2NO2.C2H6/c1-7-2-3-12(11(17)4-7)18-13-6-10(16)9(15)5-8(13)14(19)20;1-2/h2-6,18H,1H3,(H,19,20);1-2H3. The molecular weight excluding hydrogens is 356 g/mol. The first-order chi connectivity index (χ1) is 10.4. The number of hydrogen-bond acceptors (Lipinski definition) is 2.